The number of nitrogens with zero attached hydrogens (tertiary/aromatic N) is 2. The average Bonchev–Trinajstić information content (AvgIpc) is 3.18. The number of rotatable bonds is 11. The number of carbonyl (C=O) groups is 6. The molecule has 54 heavy (non-hydrogen) atoms. The van der Waals surface area contributed by atoms with Crippen molar-refractivity contribution in [1.82, 2.24) is 9.80 Å². The molecule has 12 heteroatoms. The minimum Gasteiger partial charge on any atom is -0.480 e. The summed E-state index contributed by atoms with van der Waals surface area (Å²) in [5.74, 6) is -3.51. The Morgan fingerprint density at radius 2 is 0.981 bits per heavy atom. The van der Waals surface area contributed by atoms with Gasteiger partial charge in [-0.2, -0.15) is 0 Å². The fraction of sp³-hybridized carbons (Fsp3) is 0.286. The second kappa shape index (κ2) is 18.1. The fourth-order valence-corrected chi connectivity index (χ4v) is 6.53. The predicted molar refractivity (Wildman–Crippen MR) is 193 cm³/mol. The molecule has 4 aromatic rings. The molecular formula is C42H40F2N2O8. The highest BCUT2D eigenvalue weighted by atomic mass is 19.1. The summed E-state index contributed by atoms with van der Waals surface area (Å²) in [7, 11) is 0. The van der Waals surface area contributed by atoms with Crippen molar-refractivity contribution in [2.45, 2.75) is 70.6 Å². The molecule has 0 saturated carbocycles. The molecule has 2 amide bonds. The third kappa shape index (κ3) is 9.88. The van der Waals surface area contributed by atoms with Crippen LogP contribution in [0.4, 0.5) is 8.78 Å². The van der Waals surface area contributed by atoms with Gasteiger partial charge in [0.2, 0.25) is 11.8 Å². The van der Waals surface area contributed by atoms with Gasteiger partial charge in [0.25, 0.3) is 0 Å². The molecule has 2 unspecified atom stereocenters. The number of Topliss-reactive ketones (excluding diaryl/α,β-unsaturated/α-hetero) is 2. The van der Waals surface area contributed by atoms with E-state index in [1.54, 1.807) is 6.92 Å². The molecule has 0 saturated heterocycles. The van der Waals surface area contributed by atoms with Crippen LogP contribution in [-0.4, -0.2) is 68.9 Å². The summed E-state index contributed by atoms with van der Waals surface area (Å²) in [6, 6.07) is 23.8. The van der Waals surface area contributed by atoms with Crippen molar-refractivity contribution < 1.29 is 47.4 Å². The Bertz CT molecular complexity index is 2020. The summed E-state index contributed by atoms with van der Waals surface area (Å²) in [6.45, 7) is 2.49. The van der Waals surface area contributed by atoms with Gasteiger partial charge < -0.3 is 19.6 Å². The minimum atomic E-state index is -1.06. The Morgan fingerprint density at radius 3 is 1.39 bits per heavy atom. The Hall–Kier alpha value is -6.04. The number of esters is 1. The number of aliphatic carboxylic acids is 1. The zero-order valence-corrected chi connectivity index (χ0v) is 29.7. The number of benzene rings is 4. The van der Waals surface area contributed by atoms with Crippen LogP contribution in [-0.2, 0) is 49.8 Å². The molecule has 0 aromatic heterocycles. The quantitative estimate of drug-likeness (QED) is 0.143. The summed E-state index contributed by atoms with van der Waals surface area (Å²) in [5, 5.41) is 9.47. The lowest BCUT2D eigenvalue weighted by Gasteiger charge is -2.35. The molecule has 280 valence electrons. The zero-order chi connectivity index (χ0) is 38.8. The molecule has 2 aliphatic rings. The monoisotopic (exact) mass is 738 g/mol. The van der Waals surface area contributed by atoms with Gasteiger partial charge in [0.15, 0.2) is 11.6 Å². The van der Waals surface area contributed by atoms with Gasteiger partial charge in [-0.1, -0.05) is 48.5 Å². The highest BCUT2D eigenvalue weighted by molar-refractivity contribution is 5.99. The Kier molecular flexibility index (Phi) is 13.2. The number of hydrogen-bond acceptors (Lipinski definition) is 7. The largest absolute Gasteiger partial charge is 0.480 e. The van der Waals surface area contributed by atoms with Crippen molar-refractivity contribution in [3.63, 3.8) is 0 Å². The second-order valence-electron chi connectivity index (χ2n) is 13.0. The van der Waals surface area contributed by atoms with Gasteiger partial charge in [-0.25, -0.2) is 18.4 Å². The molecular weight excluding hydrogens is 698 g/mol. The number of carboxylic acid groups (broad SMARTS) is 1. The van der Waals surface area contributed by atoms with E-state index in [0.29, 0.717) is 24.1 Å². The molecule has 0 fully saturated rings. The first-order valence-electron chi connectivity index (χ1n) is 17.6. The van der Waals surface area contributed by atoms with Crippen LogP contribution < -0.4 is 0 Å². The standard InChI is InChI=1S/C22H22FNO4.C20H18FNO4/c1-2-28-22(27)19-13-16-5-3-4-6-17(16)14-24(19)21(26)12-11-20(25)15-7-9-18(23)10-8-15;21-16-7-5-13(6-8-16)18(23)9-10-19(24)22-12-15-4-2-1-3-14(15)11-17(22)20(25)26/h3-10,19H,2,11-14H2,1H3;1-8,17H,9-12H2,(H,25,26). The van der Waals surface area contributed by atoms with E-state index in [4.69, 9.17) is 4.74 Å². The van der Waals surface area contributed by atoms with Crippen molar-refractivity contribution in [1.29, 1.82) is 0 Å². The normalized spacial score (nSPS) is 15.8. The van der Waals surface area contributed by atoms with Gasteiger partial charge >= 0.3 is 11.9 Å². The summed E-state index contributed by atoms with van der Waals surface area (Å²) < 4.78 is 31.1. The summed E-state index contributed by atoms with van der Waals surface area (Å²) >= 11 is 0. The van der Waals surface area contributed by atoms with E-state index in [0.717, 1.165) is 22.3 Å². The van der Waals surface area contributed by atoms with Crippen LogP contribution in [0.2, 0.25) is 0 Å². The van der Waals surface area contributed by atoms with Crippen molar-refractivity contribution in [2.24, 2.45) is 0 Å². The third-order valence-electron chi connectivity index (χ3n) is 9.45. The lowest BCUT2D eigenvalue weighted by atomic mass is 9.93. The maximum absolute atomic E-state index is 13.0. The second-order valence-corrected chi connectivity index (χ2v) is 13.0. The van der Waals surface area contributed by atoms with Gasteiger partial charge in [0, 0.05) is 62.7 Å². The van der Waals surface area contributed by atoms with Gasteiger partial charge in [-0.05, 0) is 77.7 Å². The smallest absolute Gasteiger partial charge is 0.329 e. The molecule has 0 radical (unpaired) electrons. The average molecular weight is 739 g/mol. The summed E-state index contributed by atoms with van der Waals surface area (Å²) in [4.78, 5) is 76.6. The predicted octanol–water partition coefficient (Wildman–Crippen LogP) is 6.13. The molecule has 0 aliphatic carbocycles. The minimum absolute atomic E-state index is 0.00183. The van der Waals surface area contributed by atoms with Gasteiger partial charge in [0.05, 0.1) is 6.61 Å². The van der Waals surface area contributed by atoms with Crippen molar-refractivity contribution >= 4 is 35.3 Å². The van der Waals surface area contributed by atoms with Crippen molar-refractivity contribution in [3.05, 3.63) is 142 Å². The van der Waals surface area contributed by atoms with Gasteiger partial charge in [-0.15, -0.1) is 0 Å². The van der Waals surface area contributed by atoms with Crippen LogP contribution in [0.25, 0.3) is 0 Å². The van der Waals surface area contributed by atoms with E-state index in [-0.39, 0.29) is 68.6 Å². The van der Waals surface area contributed by atoms with E-state index in [2.05, 4.69) is 0 Å². The summed E-state index contributed by atoms with van der Waals surface area (Å²) in [5.41, 5.74) is 4.54. The maximum Gasteiger partial charge on any atom is 0.329 e. The molecule has 2 heterocycles. The Labute approximate surface area is 311 Å². The van der Waals surface area contributed by atoms with Crippen LogP contribution in [0.1, 0.15) is 75.6 Å². The summed E-state index contributed by atoms with van der Waals surface area (Å²) in [6.07, 6.45) is 0.499. The molecule has 10 nitrogen and oxygen atoms in total. The van der Waals surface area contributed by atoms with Crippen LogP contribution >= 0.6 is 0 Å². The van der Waals surface area contributed by atoms with E-state index < -0.39 is 35.7 Å². The number of carboxylic acids is 1. The van der Waals surface area contributed by atoms with E-state index in [1.165, 1.54) is 58.3 Å². The topological polar surface area (TPSA) is 138 Å². The Morgan fingerprint density at radius 1 is 0.593 bits per heavy atom. The number of carbonyl (C=O) groups excluding carboxylic acids is 5. The van der Waals surface area contributed by atoms with E-state index >= 15 is 0 Å². The number of amides is 2. The first-order valence-corrected chi connectivity index (χ1v) is 17.6. The van der Waals surface area contributed by atoms with E-state index in [1.807, 2.05) is 48.5 Å². The molecule has 4 aromatic carbocycles. The van der Waals surface area contributed by atoms with Crippen LogP contribution in [0.5, 0.6) is 0 Å². The number of ketones is 2. The van der Waals surface area contributed by atoms with Crippen molar-refractivity contribution in [2.75, 3.05) is 6.61 Å². The SMILES string of the molecule is CCOC(=O)C1Cc2ccccc2CN1C(=O)CCC(=O)c1ccc(F)cc1.O=C(CCC(=O)N1Cc2ccccc2CC1C(=O)O)c1ccc(F)cc1. The van der Waals surface area contributed by atoms with Crippen LogP contribution in [0.15, 0.2) is 97.1 Å². The maximum atomic E-state index is 13.0. The molecule has 2 aliphatic heterocycles. The zero-order valence-electron chi connectivity index (χ0n) is 29.7. The van der Waals surface area contributed by atoms with E-state index in [9.17, 15) is 42.7 Å². The Balaban J connectivity index is 0.000000208. The molecule has 6 rings (SSSR count). The van der Waals surface area contributed by atoms with Crippen LogP contribution in [0, 0.1) is 11.6 Å². The number of fused-ring (bicyclic) bond motifs is 2. The lowest BCUT2D eigenvalue weighted by molar-refractivity contribution is -0.156. The number of halogens is 2. The number of ether oxygens (including phenoxy) is 1. The lowest BCUT2D eigenvalue weighted by Crippen LogP contribution is -2.49. The third-order valence-corrected chi connectivity index (χ3v) is 9.45. The van der Waals surface area contributed by atoms with Gasteiger partial charge in [0.1, 0.15) is 23.7 Å². The van der Waals surface area contributed by atoms with Gasteiger partial charge in [-0.3, -0.25) is 19.2 Å². The highest BCUT2D eigenvalue weighted by Crippen LogP contribution is 2.26. The first kappa shape index (κ1) is 39.2. The molecule has 1 N–H and O–H groups in total. The first-order chi connectivity index (χ1) is 25.9. The van der Waals surface area contributed by atoms with Crippen molar-refractivity contribution in [3.8, 4) is 0 Å². The number of hydrogen-bond donors (Lipinski definition) is 1. The highest BCUT2D eigenvalue weighted by Gasteiger charge is 2.36. The molecule has 2 atom stereocenters. The molecule has 0 bridgehead atoms. The van der Waals surface area contributed by atoms with Crippen LogP contribution in [0.3, 0.4) is 0 Å². The molecule has 0 spiro atoms. The fourth-order valence-electron chi connectivity index (χ4n) is 6.53.